The van der Waals surface area contributed by atoms with Gasteiger partial charge in [-0.1, -0.05) is 23.7 Å². The van der Waals surface area contributed by atoms with Crippen LogP contribution in [0.4, 0.5) is 17.3 Å². The molecule has 5 heterocycles. The maximum atomic E-state index is 12.8. The highest BCUT2D eigenvalue weighted by atomic mass is 35.5. The Morgan fingerprint density at radius 3 is 2.48 bits per heavy atom. The maximum Gasteiger partial charge on any atom is 0.304 e. The first kappa shape index (κ1) is 29.9. The highest BCUT2D eigenvalue weighted by molar-refractivity contribution is 6.30. The van der Waals surface area contributed by atoms with Gasteiger partial charge in [-0.25, -0.2) is 4.52 Å². The minimum atomic E-state index is -0.812. The molecule has 0 saturated carbocycles. The van der Waals surface area contributed by atoms with Gasteiger partial charge in [-0.15, -0.1) is 5.10 Å². The molecule has 0 unspecified atom stereocenters. The number of fused-ring (bicyclic) bond motifs is 1. The summed E-state index contributed by atoms with van der Waals surface area (Å²) in [4.78, 5) is 34.6. The van der Waals surface area contributed by atoms with Gasteiger partial charge in [0.05, 0.1) is 30.6 Å². The molecule has 2 aliphatic rings. The van der Waals surface area contributed by atoms with Gasteiger partial charge in [-0.05, 0) is 42.7 Å². The maximum absolute atomic E-state index is 12.8. The lowest BCUT2D eigenvalue weighted by Crippen LogP contribution is -2.49. The number of aliphatic hydroxyl groups excluding tert-OH is 1. The van der Waals surface area contributed by atoms with Crippen LogP contribution in [-0.4, -0.2) is 109 Å². The number of carboxylic acid groups (broad SMARTS) is 1. The fourth-order valence-corrected chi connectivity index (χ4v) is 6.19. The zero-order valence-corrected chi connectivity index (χ0v) is 25.1. The summed E-state index contributed by atoms with van der Waals surface area (Å²) >= 11 is 6.10. The third-order valence-corrected chi connectivity index (χ3v) is 8.97. The number of rotatable bonds is 10. The molecule has 1 aromatic carbocycles. The first-order chi connectivity index (χ1) is 21.3. The molecule has 0 radical (unpaired) electrons. The number of amides is 1. The fourth-order valence-electron chi connectivity index (χ4n) is 6.07. The number of piperazine rings is 1. The highest BCUT2D eigenvalue weighted by Crippen LogP contribution is 2.38. The Morgan fingerprint density at radius 1 is 1.02 bits per heavy atom. The summed E-state index contributed by atoms with van der Waals surface area (Å²) in [6.07, 6.45) is 6.95. The van der Waals surface area contributed by atoms with Gasteiger partial charge in [-0.3, -0.25) is 19.2 Å². The van der Waals surface area contributed by atoms with E-state index in [2.05, 4.69) is 25.3 Å². The van der Waals surface area contributed by atoms with Gasteiger partial charge in [0.1, 0.15) is 6.54 Å². The van der Waals surface area contributed by atoms with Crippen LogP contribution in [0.5, 0.6) is 0 Å². The normalized spacial score (nSPS) is 17.2. The Hall–Kier alpha value is -4.20. The number of carbonyl (C=O) groups excluding carboxylic acids is 1. The van der Waals surface area contributed by atoms with E-state index < -0.39 is 5.97 Å². The van der Waals surface area contributed by atoms with Crippen LogP contribution < -0.4 is 10.2 Å². The summed E-state index contributed by atoms with van der Waals surface area (Å²) in [5.74, 6) is -0.423. The minimum absolute atomic E-state index is 0.0316. The van der Waals surface area contributed by atoms with E-state index in [0.29, 0.717) is 49.4 Å². The van der Waals surface area contributed by atoms with Crippen molar-refractivity contribution in [3.63, 3.8) is 0 Å². The number of aliphatic carboxylic acids is 1. The number of piperidine rings is 1. The van der Waals surface area contributed by atoms with Crippen LogP contribution in [0.25, 0.3) is 5.65 Å². The molecule has 2 aliphatic heterocycles. The van der Waals surface area contributed by atoms with Crippen LogP contribution in [0.15, 0.2) is 55.0 Å². The molecular formula is C30H36ClN9O4. The number of carboxylic acids is 1. The van der Waals surface area contributed by atoms with Crippen LogP contribution in [0.3, 0.4) is 0 Å². The van der Waals surface area contributed by atoms with Gasteiger partial charge in [0, 0.05) is 68.6 Å². The highest BCUT2D eigenvalue weighted by Gasteiger charge is 2.36. The first-order valence-electron chi connectivity index (χ1n) is 14.8. The second-order valence-corrected chi connectivity index (χ2v) is 11.9. The van der Waals surface area contributed by atoms with Crippen molar-refractivity contribution in [2.45, 2.75) is 31.2 Å². The third kappa shape index (κ3) is 6.49. The van der Waals surface area contributed by atoms with Crippen LogP contribution in [-0.2, 0) is 21.5 Å². The predicted octanol–water partition coefficient (Wildman–Crippen LogP) is 2.47. The molecule has 4 aromatic rings. The number of aliphatic hydroxyl groups is 1. The zero-order chi connectivity index (χ0) is 30.7. The quantitative estimate of drug-likeness (QED) is 0.241. The summed E-state index contributed by atoms with van der Waals surface area (Å²) in [5.41, 5.74) is 3.17. The standard InChI is InChI=1S/C30H36ClN9O4/c31-23-5-3-22(4-6-23)30(21-41)8-12-37(13-9-30)25-2-1-10-40-28(25)34-29(35-40)33-24-18-32-39(19-24)20-26(42)38-16-14-36(15-17-38)11-7-27(43)44/h1-6,10,18-19,41H,7-9,11-17,20-21H2,(H,33,35)(H,43,44). The number of hydrogen-bond donors (Lipinski definition) is 3. The lowest BCUT2D eigenvalue weighted by Gasteiger charge is -2.42. The molecule has 2 saturated heterocycles. The lowest BCUT2D eigenvalue weighted by atomic mass is 9.73. The van der Waals surface area contributed by atoms with Crippen molar-refractivity contribution in [1.29, 1.82) is 0 Å². The van der Waals surface area contributed by atoms with E-state index in [1.165, 1.54) is 0 Å². The number of anilines is 3. The van der Waals surface area contributed by atoms with Gasteiger partial charge < -0.3 is 25.3 Å². The van der Waals surface area contributed by atoms with Crippen LogP contribution in [0.2, 0.25) is 5.02 Å². The van der Waals surface area contributed by atoms with Gasteiger partial charge in [0.15, 0.2) is 5.65 Å². The van der Waals surface area contributed by atoms with E-state index in [1.807, 2.05) is 42.6 Å². The molecule has 13 nitrogen and oxygen atoms in total. The molecule has 0 spiro atoms. The SMILES string of the molecule is O=C(O)CCN1CCN(C(=O)Cn2cc(Nc3nc4c(N5CCC(CO)(c6ccc(Cl)cc6)CC5)cccn4n3)cn2)CC1. The monoisotopic (exact) mass is 621 g/mol. The van der Waals surface area contributed by atoms with Gasteiger partial charge in [0.2, 0.25) is 11.9 Å². The van der Waals surface area contributed by atoms with Crippen molar-refractivity contribution < 1.29 is 19.8 Å². The summed E-state index contributed by atoms with van der Waals surface area (Å²) in [5, 5.41) is 32.1. The molecule has 1 amide bonds. The van der Waals surface area contributed by atoms with Crippen molar-refractivity contribution in [2.75, 3.05) is 62.6 Å². The molecule has 0 atom stereocenters. The predicted molar refractivity (Wildman–Crippen MR) is 165 cm³/mol. The topological polar surface area (TPSA) is 144 Å². The number of nitrogens with zero attached hydrogens (tertiary/aromatic N) is 8. The molecule has 0 bridgehead atoms. The number of nitrogens with one attached hydrogen (secondary N) is 1. The Kier molecular flexibility index (Phi) is 8.69. The van der Waals surface area contributed by atoms with E-state index in [1.54, 1.807) is 26.5 Å². The van der Waals surface area contributed by atoms with Crippen LogP contribution in [0, 0.1) is 0 Å². The van der Waals surface area contributed by atoms with Crippen molar-refractivity contribution in [3.05, 3.63) is 65.6 Å². The molecule has 3 aromatic heterocycles. The molecule has 44 heavy (non-hydrogen) atoms. The first-order valence-corrected chi connectivity index (χ1v) is 15.2. The van der Waals surface area contributed by atoms with Crippen molar-refractivity contribution in [1.82, 2.24) is 34.2 Å². The Morgan fingerprint density at radius 2 is 1.77 bits per heavy atom. The summed E-state index contributed by atoms with van der Waals surface area (Å²) in [6, 6.07) is 11.8. The minimum Gasteiger partial charge on any atom is -0.481 e. The second-order valence-electron chi connectivity index (χ2n) is 11.4. The largest absolute Gasteiger partial charge is 0.481 e. The van der Waals surface area contributed by atoms with Gasteiger partial charge >= 0.3 is 5.97 Å². The molecular weight excluding hydrogens is 586 g/mol. The smallest absolute Gasteiger partial charge is 0.304 e. The lowest BCUT2D eigenvalue weighted by molar-refractivity contribution is -0.138. The number of hydrogen-bond acceptors (Lipinski definition) is 9. The van der Waals surface area contributed by atoms with E-state index in [9.17, 15) is 14.7 Å². The van der Waals surface area contributed by atoms with Crippen molar-refractivity contribution >= 4 is 46.4 Å². The number of halogens is 1. The van der Waals surface area contributed by atoms with E-state index in [-0.39, 0.29) is 30.9 Å². The molecule has 14 heteroatoms. The van der Waals surface area contributed by atoms with Crippen LogP contribution >= 0.6 is 11.6 Å². The number of aromatic nitrogens is 5. The Bertz CT molecular complexity index is 1610. The number of carbonyl (C=O) groups is 2. The summed E-state index contributed by atoms with van der Waals surface area (Å²) < 4.78 is 3.33. The number of pyridine rings is 1. The molecule has 6 rings (SSSR count). The zero-order valence-electron chi connectivity index (χ0n) is 24.3. The van der Waals surface area contributed by atoms with Gasteiger partial charge in [-0.2, -0.15) is 10.1 Å². The Labute approximate surface area is 259 Å². The second kappa shape index (κ2) is 12.8. The number of benzene rings is 1. The van der Waals surface area contributed by atoms with Gasteiger partial charge in [0.25, 0.3) is 0 Å². The third-order valence-electron chi connectivity index (χ3n) is 8.72. The van der Waals surface area contributed by atoms with Crippen LogP contribution in [0.1, 0.15) is 24.8 Å². The average molecular weight is 622 g/mol. The fraction of sp³-hybridized carbons (Fsp3) is 0.433. The van der Waals surface area contributed by atoms with E-state index in [4.69, 9.17) is 21.7 Å². The molecule has 3 N–H and O–H groups in total. The summed E-state index contributed by atoms with van der Waals surface area (Å²) in [7, 11) is 0. The molecule has 0 aliphatic carbocycles. The van der Waals surface area contributed by atoms with E-state index >= 15 is 0 Å². The summed E-state index contributed by atoms with van der Waals surface area (Å²) in [6.45, 7) is 4.66. The molecule has 2 fully saturated rings. The van der Waals surface area contributed by atoms with Crippen molar-refractivity contribution in [3.8, 4) is 0 Å². The van der Waals surface area contributed by atoms with Crippen molar-refractivity contribution in [2.24, 2.45) is 0 Å². The molecule has 232 valence electrons. The Balaban J connectivity index is 1.07. The van der Waals surface area contributed by atoms with E-state index in [0.717, 1.165) is 42.8 Å². The average Bonchev–Trinajstić information content (AvgIpc) is 3.66.